The zero-order valence-corrected chi connectivity index (χ0v) is 12.5. The molecule has 4 nitrogen and oxygen atoms in total. The SMILES string of the molecule is CCCN(CCC)CCN(CC(=O)O)CC(C)C. The molecule has 0 amide bonds. The van der Waals surface area contributed by atoms with Crippen molar-refractivity contribution >= 4 is 5.97 Å². The number of rotatable bonds is 11. The zero-order chi connectivity index (χ0) is 14.0. The average molecular weight is 258 g/mol. The van der Waals surface area contributed by atoms with Crippen molar-refractivity contribution in [1.82, 2.24) is 9.80 Å². The maximum Gasteiger partial charge on any atom is 0.317 e. The van der Waals surface area contributed by atoms with Crippen molar-refractivity contribution in [1.29, 1.82) is 0 Å². The van der Waals surface area contributed by atoms with Crippen molar-refractivity contribution in [3.63, 3.8) is 0 Å². The van der Waals surface area contributed by atoms with Gasteiger partial charge in [-0.3, -0.25) is 9.69 Å². The molecule has 0 bridgehead atoms. The van der Waals surface area contributed by atoms with Gasteiger partial charge in [0.1, 0.15) is 0 Å². The lowest BCUT2D eigenvalue weighted by Crippen LogP contribution is -2.40. The highest BCUT2D eigenvalue weighted by Crippen LogP contribution is 2.01. The molecule has 0 aromatic heterocycles. The van der Waals surface area contributed by atoms with Crippen LogP contribution in [0.15, 0.2) is 0 Å². The summed E-state index contributed by atoms with van der Waals surface area (Å²) < 4.78 is 0. The van der Waals surface area contributed by atoms with Gasteiger partial charge in [-0.1, -0.05) is 27.7 Å². The second-order valence-electron chi connectivity index (χ2n) is 5.36. The molecule has 0 aromatic carbocycles. The van der Waals surface area contributed by atoms with Crippen molar-refractivity contribution < 1.29 is 9.90 Å². The molecule has 0 rings (SSSR count). The molecule has 0 aliphatic heterocycles. The second kappa shape index (κ2) is 10.3. The first-order valence-corrected chi connectivity index (χ1v) is 7.16. The van der Waals surface area contributed by atoms with Gasteiger partial charge in [0.15, 0.2) is 0 Å². The van der Waals surface area contributed by atoms with Crippen LogP contribution in [0.25, 0.3) is 0 Å². The standard InChI is InChI=1S/C14H30N2O2/c1-5-7-15(8-6-2)9-10-16(11-13(3)4)12-14(17)18/h13H,5-12H2,1-4H3,(H,17,18). The highest BCUT2D eigenvalue weighted by atomic mass is 16.4. The van der Waals surface area contributed by atoms with Crippen molar-refractivity contribution in [2.24, 2.45) is 5.92 Å². The first-order chi connectivity index (χ1) is 8.49. The Kier molecular flexibility index (Phi) is 9.98. The minimum absolute atomic E-state index is 0.157. The van der Waals surface area contributed by atoms with Crippen LogP contribution in [0.5, 0.6) is 0 Å². The molecule has 0 spiro atoms. The molecule has 1 N–H and O–H groups in total. The summed E-state index contributed by atoms with van der Waals surface area (Å²) in [6.45, 7) is 13.7. The highest BCUT2D eigenvalue weighted by molar-refractivity contribution is 5.69. The molecule has 108 valence electrons. The van der Waals surface area contributed by atoms with Gasteiger partial charge in [0.25, 0.3) is 0 Å². The lowest BCUT2D eigenvalue weighted by atomic mass is 10.2. The minimum Gasteiger partial charge on any atom is -0.480 e. The van der Waals surface area contributed by atoms with Crippen molar-refractivity contribution in [2.45, 2.75) is 40.5 Å². The predicted octanol–water partition coefficient (Wildman–Crippen LogP) is 2.15. The Morgan fingerprint density at radius 1 is 1.00 bits per heavy atom. The number of aliphatic carboxylic acids is 1. The number of carbonyl (C=O) groups is 1. The summed E-state index contributed by atoms with van der Waals surface area (Å²) in [6, 6.07) is 0. The fourth-order valence-corrected chi connectivity index (χ4v) is 2.19. The number of carboxylic acid groups (broad SMARTS) is 1. The number of hydrogen-bond donors (Lipinski definition) is 1. The lowest BCUT2D eigenvalue weighted by Gasteiger charge is -2.27. The predicted molar refractivity (Wildman–Crippen MR) is 75.9 cm³/mol. The first kappa shape index (κ1) is 17.4. The summed E-state index contributed by atoms with van der Waals surface area (Å²) in [6.07, 6.45) is 2.31. The number of nitrogens with zero attached hydrogens (tertiary/aromatic N) is 2. The van der Waals surface area contributed by atoms with E-state index in [0.29, 0.717) is 5.92 Å². The summed E-state index contributed by atoms with van der Waals surface area (Å²) in [5, 5.41) is 8.91. The van der Waals surface area contributed by atoms with E-state index >= 15 is 0 Å². The zero-order valence-electron chi connectivity index (χ0n) is 12.5. The summed E-state index contributed by atoms with van der Waals surface area (Å²) in [7, 11) is 0. The molecule has 0 fully saturated rings. The summed E-state index contributed by atoms with van der Waals surface area (Å²) in [5.74, 6) is -0.219. The van der Waals surface area contributed by atoms with E-state index < -0.39 is 5.97 Å². The fourth-order valence-electron chi connectivity index (χ4n) is 2.19. The maximum absolute atomic E-state index is 10.8. The minimum atomic E-state index is -0.729. The molecule has 0 saturated carbocycles. The Labute approximate surface area is 112 Å². The van der Waals surface area contributed by atoms with Crippen molar-refractivity contribution in [3.05, 3.63) is 0 Å². The Balaban J connectivity index is 4.15. The van der Waals surface area contributed by atoms with Crippen molar-refractivity contribution in [2.75, 3.05) is 39.3 Å². The topological polar surface area (TPSA) is 43.8 Å². The molecule has 0 radical (unpaired) electrons. The molecule has 0 saturated heterocycles. The van der Waals surface area contributed by atoms with E-state index in [-0.39, 0.29) is 6.54 Å². The van der Waals surface area contributed by atoms with E-state index in [1.165, 1.54) is 0 Å². The summed E-state index contributed by atoms with van der Waals surface area (Å²) in [4.78, 5) is 15.3. The molecule has 4 heteroatoms. The largest absolute Gasteiger partial charge is 0.480 e. The summed E-state index contributed by atoms with van der Waals surface area (Å²) >= 11 is 0. The third-order valence-electron chi connectivity index (χ3n) is 2.79. The van der Waals surface area contributed by atoms with Crippen LogP contribution in [0, 0.1) is 5.92 Å². The molecule has 0 heterocycles. The van der Waals surface area contributed by atoms with Crippen LogP contribution in [-0.4, -0.2) is 60.1 Å². The van der Waals surface area contributed by atoms with Gasteiger partial charge in [-0.05, 0) is 31.8 Å². The normalized spacial score (nSPS) is 11.7. The van der Waals surface area contributed by atoms with Crippen LogP contribution in [-0.2, 0) is 4.79 Å². The smallest absolute Gasteiger partial charge is 0.317 e. The molecule has 0 atom stereocenters. The second-order valence-corrected chi connectivity index (χ2v) is 5.36. The van der Waals surface area contributed by atoms with Crippen LogP contribution in [0.1, 0.15) is 40.5 Å². The summed E-state index contributed by atoms with van der Waals surface area (Å²) in [5.41, 5.74) is 0. The average Bonchev–Trinajstić information content (AvgIpc) is 2.24. The molecule has 0 aromatic rings. The Morgan fingerprint density at radius 3 is 1.89 bits per heavy atom. The van der Waals surface area contributed by atoms with E-state index in [9.17, 15) is 4.79 Å². The molecule has 0 unspecified atom stereocenters. The third-order valence-corrected chi connectivity index (χ3v) is 2.79. The van der Waals surface area contributed by atoms with Gasteiger partial charge in [-0.25, -0.2) is 0 Å². The third kappa shape index (κ3) is 9.42. The van der Waals surface area contributed by atoms with Crippen LogP contribution in [0.4, 0.5) is 0 Å². The maximum atomic E-state index is 10.8. The fraction of sp³-hybridized carbons (Fsp3) is 0.929. The van der Waals surface area contributed by atoms with E-state index in [4.69, 9.17) is 5.11 Å². The van der Waals surface area contributed by atoms with E-state index in [0.717, 1.165) is 45.6 Å². The van der Waals surface area contributed by atoms with Gasteiger partial charge in [-0.15, -0.1) is 0 Å². The molecule has 0 aliphatic rings. The van der Waals surface area contributed by atoms with E-state index in [1.54, 1.807) is 0 Å². The molecule has 0 aliphatic carbocycles. The quantitative estimate of drug-likeness (QED) is 0.617. The van der Waals surface area contributed by atoms with Gasteiger partial charge in [-0.2, -0.15) is 0 Å². The van der Waals surface area contributed by atoms with Gasteiger partial charge in [0, 0.05) is 19.6 Å². The van der Waals surface area contributed by atoms with Gasteiger partial charge in [0.05, 0.1) is 6.54 Å². The van der Waals surface area contributed by atoms with Crippen LogP contribution >= 0.6 is 0 Å². The molecular formula is C14H30N2O2. The Bertz CT molecular complexity index is 214. The van der Waals surface area contributed by atoms with Crippen molar-refractivity contribution in [3.8, 4) is 0 Å². The first-order valence-electron chi connectivity index (χ1n) is 7.16. The van der Waals surface area contributed by atoms with Gasteiger partial charge in [0.2, 0.25) is 0 Å². The Hall–Kier alpha value is -0.610. The monoisotopic (exact) mass is 258 g/mol. The van der Waals surface area contributed by atoms with E-state index in [2.05, 4.69) is 32.6 Å². The molecular weight excluding hydrogens is 228 g/mol. The van der Waals surface area contributed by atoms with Gasteiger partial charge >= 0.3 is 5.97 Å². The molecule has 18 heavy (non-hydrogen) atoms. The number of carboxylic acids is 1. The van der Waals surface area contributed by atoms with Crippen LogP contribution in [0.2, 0.25) is 0 Å². The van der Waals surface area contributed by atoms with E-state index in [1.807, 2.05) is 4.90 Å². The number of hydrogen-bond acceptors (Lipinski definition) is 3. The van der Waals surface area contributed by atoms with Gasteiger partial charge < -0.3 is 10.0 Å². The lowest BCUT2D eigenvalue weighted by molar-refractivity contribution is -0.138. The van der Waals surface area contributed by atoms with Crippen LogP contribution in [0.3, 0.4) is 0 Å². The Morgan fingerprint density at radius 2 is 1.50 bits per heavy atom. The van der Waals surface area contributed by atoms with Crippen LogP contribution < -0.4 is 0 Å². The highest BCUT2D eigenvalue weighted by Gasteiger charge is 2.12.